The van der Waals surface area contributed by atoms with Crippen molar-refractivity contribution >= 4 is 28.7 Å². The fourth-order valence-corrected chi connectivity index (χ4v) is 0.359. The number of nitrogens with one attached hydrogen (secondary N) is 1. The molecule has 1 unspecified atom stereocenters. The maximum Gasteiger partial charge on any atom is 0.428 e. The highest BCUT2D eigenvalue weighted by atomic mass is 127. The Morgan fingerprint density at radius 3 is 2.62 bits per heavy atom. The normalized spacial score (nSPS) is 11.5. The molecule has 0 saturated carbocycles. The van der Waals surface area contributed by atoms with Crippen molar-refractivity contribution in [1.82, 2.24) is 5.73 Å². The molecule has 0 aliphatic rings. The number of halogens is 1. The average molecular weight is 224 g/mol. The van der Waals surface area contributed by atoms with Crippen LogP contribution in [0.3, 0.4) is 0 Å². The zero-order valence-corrected chi connectivity index (χ0v) is 6.01. The number of carbonyl (C=O) groups is 1. The van der Waals surface area contributed by atoms with Gasteiger partial charge in [0.1, 0.15) is 0 Å². The number of terminal acetylenes is 1. The summed E-state index contributed by atoms with van der Waals surface area (Å²) in [6, 6.07) is 0. The number of rotatable bonds is 1. The highest BCUT2D eigenvalue weighted by Crippen LogP contribution is 1.98. The van der Waals surface area contributed by atoms with E-state index in [2.05, 4.69) is 10.7 Å². The molecule has 1 atom stereocenters. The summed E-state index contributed by atoms with van der Waals surface area (Å²) in [7, 11) is 0. The molecule has 0 aliphatic carbocycles. The topological polar surface area (TPSA) is 50.1 Å². The number of carbonyl (C=O) groups excluding carboxylic acids is 1. The van der Waals surface area contributed by atoms with Crippen LogP contribution in [0.2, 0.25) is 0 Å². The third-order valence-corrected chi connectivity index (χ3v) is 0.955. The van der Waals surface area contributed by atoms with Crippen LogP contribution in [0, 0.1) is 12.3 Å². The fraction of sp³-hybridized carbons (Fsp3) is 0.250. The maximum atomic E-state index is 9.76. The lowest BCUT2D eigenvalue weighted by Crippen LogP contribution is -2.08. The quantitative estimate of drug-likeness (QED) is 0.375. The summed E-state index contributed by atoms with van der Waals surface area (Å²) in [5.41, 5.74) is 6.25. The molecule has 1 radical (unpaired) electrons. The summed E-state index contributed by atoms with van der Waals surface area (Å²) in [4.78, 5) is 9.76. The smallest absolute Gasteiger partial charge is 0.422 e. The highest BCUT2D eigenvalue weighted by Gasteiger charge is 2.00. The lowest BCUT2D eigenvalue weighted by atomic mass is 10.8. The van der Waals surface area contributed by atoms with E-state index >= 15 is 0 Å². The number of hydrogen-bond acceptors (Lipinski definition) is 2. The molecular weight excluding hydrogens is 221 g/mol. The second-order valence-electron chi connectivity index (χ2n) is 0.888. The monoisotopic (exact) mass is 224 g/mol. The zero-order valence-electron chi connectivity index (χ0n) is 3.85. The van der Waals surface area contributed by atoms with Gasteiger partial charge in [-0.3, -0.25) is 0 Å². The van der Waals surface area contributed by atoms with Crippen molar-refractivity contribution in [3.8, 4) is 12.3 Å². The van der Waals surface area contributed by atoms with Crippen LogP contribution < -0.4 is 5.73 Å². The molecule has 1 N–H and O–H groups in total. The minimum Gasteiger partial charge on any atom is -0.422 e. The van der Waals surface area contributed by atoms with Gasteiger partial charge in [-0.25, -0.2) is 10.5 Å². The summed E-state index contributed by atoms with van der Waals surface area (Å²) in [5, 5.41) is 0. The van der Waals surface area contributed by atoms with Gasteiger partial charge in [-0.05, 0) is 22.6 Å². The molecule has 0 aliphatic heterocycles. The fourth-order valence-electron chi connectivity index (χ4n) is 0.128. The van der Waals surface area contributed by atoms with E-state index in [1.165, 1.54) is 0 Å². The Balaban J connectivity index is 3.43. The molecule has 0 aromatic rings. The van der Waals surface area contributed by atoms with Crippen molar-refractivity contribution < 1.29 is 9.53 Å². The number of amides is 1. The van der Waals surface area contributed by atoms with E-state index in [1.54, 1.807) is 22.6 Å². The van der Waals surface area contributed by atoms with Gasteiger partial charge in [0, 0.05) is 0 Å². The van der Waals surface area contributed by atoms with Gasteiger partial charge in [0.25, 0.3) is 0 Å². The van der Waals surface area contributed by atoms with Crippen molar-refractivity contribution in [2.24, 2.45) is 0 Å². The van der Waals surface area contributed by atoms with E-state index in [0.717, 1.165) is 0 Å². The van der Waals surface area contributed by atoms with Crippen LogP contribution in [0.15, 0.2) is 0 Å². The van der Waals surface area contributed by atoms with E-state index < -0.39 is 10.2 Å². The van der Waals surface area contributed by atoms with Gasteiger partial charge in [-0.1, -0.05) is 5.92 Å². The van der Waals surface area contributed by atoms with Crippen LogP contribution in [0.1, 0.15) is 0 Å². The summed E-state index contributed by atoms with van der Waals surface area (Å²) >= 11 is 1.72. The second-order valence-corrected chi connectivity index (χ2v) is 2.02. The van der Waals surface area contributed by atoms with Gasteiger partial charge in [0.15, 0.2) is 0 Å². The Bertz CT molecular complexity index is 128. The molecule has 0 aromatic heterocycles. The lowest BCUT2D eigenvalue weighted by Gasteiger charge is -1.97. The first-order valence-corrected chi connectivity index (χ1v) is 2.94. The molecule has 0 spiro atoms. The Kier molecular flexibility index (Phi) is 3.35. The predicted octanol–water partition coefficient (Wildman–Crippen LogP) is 0.800. The molecule has 0 aromatic carbocycles. The average Bonchev–Trinajstić information content (AvgIpc) is 1.65. The van der Waals surface area contributed by atoms with Gasteiger partial charge in [-0.15, -0.1) is 6.42 Å². The van der Waals surface area contributed by atoms with Crippen LogP contribution in [0.25, 0.3) is 0 Å². The Hall–Kier alpha value is -0.440. The van der Waals surface area contributed by atoms with E-state index in [1.807, 2.05) is 0 Å². The predicted molar refractivity (Wildman–Crippen MR) is 36.2 cm³/mol. The SMILES string of the molecule is C#CC(I)OC([NH])=O. The molecule has 0 saturated heterocycles. The standard InChI is InChI=1S/C4H3INO2/c1-2-3(5)8-4(6)7/h1,3,6H. The number of ether oxygens (including phenoxy) is 1. The van der Waals surface area contributed by atoms with Crippen LogP contribution in [0.4, 0.5) is 4.79 Å². The maximum absolute atomic E-state index is 9.76. The van der Waals surface area contributed by atoms with Crippen LogP contribution in [-0.2, 0) is 4.74 Å². The third kappa shape index (κ3) is 3.74. The molecule has 0 rings (SSSR count). The van der Waals surface area contributed by atoms with Crippen molar-refractivity contribution in [3.05, 3.63) is 0 Å². The number of alkyl halides is 1. The lowest BCUT2D eigenvalue weighted by molar-refractivity contribution is 0.164. The number of hydrogen-bond donors (Lipinski definition) is 0. The van der Waals surface area contributed by atoms with Crippen LogP contribution >= 0.6 is 22.6 Å². The van der Waals surface area contributed by atoms with Crippen molar-refractivity contribution in [2.45, 2.75) is 4.11 Å². The molecule has 4 heteroatoms. The Morgan fingerprint density at radius 2 is 2.50 bits per heavy atom. The highest BCUT2D eigenvalue weighted by molar-refractivity contribution is 14.1. The largest absolute Gasteiger partial charge is 0.428 e. The molecule has 8 heavy (non-hydrogen) atoms. The van der Waals surface area contributed by atoms with Crippen LogP contribution in [-0.4, -0.2) is 10.2 Å². The van der Waals surface area contributed by atoms with Gasteiger partial charge < -0.3 is 4.74 Å². The van der Waals surface area contributed by atoms with Gasteiger partial charge >= 0.3 is 6.09 Å². The first-order valence-electron chi connectivity index (χ1n) is 1.69. The zero-order chi connectivity index (χ0) is 6.57. The minimum absolute atomic E-state index is 0.613. The first kappa shape index (κ1) is 7.56. The summed E-state index contributed by atoms with van der Waals surface area (Å²) in [5.74, 6) is 2.12. The molecule has 43 valence electrons. The van der Waals surface area contributed by atoms with Gasteiger partial charge in [-0.2, -0.15) is 0 Å². The van der Waals surface area contributed by atoms with Gasteiger partial charge in [0.2, 0.25) is 4.11 Å². The van der Waals surface area contributed by atoms with E-state index in [0.29, 0.717) is 0 Å². The van der Waals surface area contributed by atoms with Crippen molar-refractivity contribution in [1.29, 1.82) is 0 Å². The molecule has 0 heterocycles. The molecule has 3 nitrogen and oxygen atoms in total. The minimum atomic E-state index is -1.10. The molecule has 0 bridgehead atoms. The molecule has 0 fully saturated rings. The Morgan fingerprint density at radius 1 is 2.00 bits per heavy atom. The molecular formula is C4H3INO2. The van der Waals surface area contributed by atoms with Gasteiger partial charge in [0.05, 0.1) is 0 Å². The van der Waals surface area contributed by atoms with Crippen molar-refractivity contribution in [3.63, 3.8) is 0 Å². The summed E-state index contributed by atoms with van der Waals surface area (Å²) < 4.78 is 3.56. The summed E-state index contributed by atoms with van der Waals surface area (Å²) in [6.07, 6.45) is 3.71. The van der Waals surface area contributed by atoms with Crippen LogP contribution in [0.5, 0.6) is 0 Å². The summed E-state index contributed by atoms with van der Waals surface area (Å²) in [6.45, 7) is 0. The first-order chi connectivity index (χ1) is 3.66. The van der Waals surface area contributed by atoms with E-state index in [-0.39, 0.29) is 0 Å². The van der Waals surface area contributed by atoms with E-state index in [4.69, 9.17) is 12.2 Å². The Labute approximate surface area is 60.7 Å². The third-order valence-electron chi connectivity index (χ3n) is 0.342. The van der Waals surface area contributed by atoms with E-state index in [9.17, 15) is 4.79 Å². The second kappa shape index (κ2) is 3.55. The molecule has 1 amide bonds. The van der Waals surface area contributed by atoms with Crippen molar-refractivity contribution in [2.75, 3.05) is 0 Å².